The second-order valence-corrected chi connectivity index (χ2v) is 8.94. The van der Waals surface area contributed by atoms with Crippen LogP contribution in [0.3, 0.4) is 0 Å². The highest BCUT2D eigenvalue weighted by atomic mass is 16.6. The number of nitrogens with one attached hydrogen (secondary N) is 2. The third-order valence-corrected chi connectivity index (χ3v) is 4.86. The number of amides is 1. The van der Waals surface area contributed by atoms with Gasteiger partial charge in [-0.1, -0.05) is 13.8 Å². The second-order valence-electron chi connectivity index (χ2n) is 8.94. The van der Waals surface area contributed by atoms with Gasteiger partial charge in [0.05, 0.1) is 0 Å². The Balaban J connectivity index is 1.74. The molecule has 0 heterocycles. The molecule has 0 aliphatic heterocycles. The minimum atomic E-state index is -0.430. The van der Waals surface area contributed by atoms with Crippen LogP contribution in [0, 0.1) is 11.3 Å². The van der Waals surface area contributed by atoms with Crippen LogP contribution < -0.4 is 10.6 Å². The van der Waals surface area contributed by atoms with Gasteiger partial charge < -0.3 is 15.4 Å². The van der Waals surface area contributed by atoms with Gasteiger partial charge in [0, 0.05) is 18.6 Å². The van der Waals surface area contributed by atoms with Crippen LogP contribution in [-0.2, 0) is 4.74 Å². The van der Waals surface area contributed by atoms with E-state index in [1.54, 1.807) is 0 Å². The van der Waals surface area contributed by atoms with Gasteiger partial charge in [-0.2, -0.15) is 0 Å². The molecule has 2 fully saturated rings. The average Bonchev–Trinajstić information content (AvgIpc) is 3.17. The number of ether oxygens (including phenoxy) is 1. The molecule has 4 nitrogen and oxygen atoms in total. The lowest BCUT2D eigenvalue weighted by Crippen LogP contribution is -2.48. The van der Waals surface area contributed by atoms with Crippen LogP contribution in [0.4, 0.5) is 4.79 Å². The number of alkyl carbamates (subject to hydrolysis) is 1. The molecule has 2 aliphatic carbocycles. The minimum absolute atomic E-state index is 0.213. The molecule has 2 aliphatic rings. The number of rotatable bonds is 5. The molecular formula is C18H34N2O2. The second kappa shape index (κ2) is 6.77. The van der Waals surface area contributed by atoms with Crippen molar-refractivity contribution in [2.75, 3.05) is 6.54 Å². The van der Waals surface area contributed by atoms with E-state index < -0.39 is 5.60 Å². The van der Waals surface area contributed by atoms with E-state index in [2.05, 4.69) is 24.5 Å². The summed E-state index contributed by atoms with van der Waals surface area (Å²) in [4.78, 5) is 12.0. The van der Waals surface area contributed by atoms with E-state index in [-0.39, 0.29) is 12.1 Å². The maximum absolute atomic E-state index is 12.0. The van der Waals surface area contributed by atoms with E-state index in [0.29, 0.717) is 17.4 Å². The highest BCUT2D eigenvalue weighted by Crippen LogP contribution is 2.36. The summed E-state index contributed by atoms with van der Waals surface area (Å²) < 4.78 is 5.39. The Hall–Kier alpha value is -0.770. The zero-order valence-electron chi connectivity index (χ0n) is 15.0. The van der Waals surface area contributed by atoms with Gasteiger partial charge in [0.2, 0.25) is 0 Å². The Morgan fingerprint density at radius 1 is 1.18 bits per heavy atom. The monoisotopic (exact) mass is 310 g/mol. The third kappa shape index (κ3) is 6.15. The highest BCUT2D eigenvalue weighted by Gasteiger charge is 2.34. The number of carbonyl (C=O) groups is 1. The molecule has 2 rings (SSSR count). The summed E-state index contributed by atoms with van der Waals surface area (Å²) in [6.45, 7) is 11.3. The molecule has 0 aromatic heterocycles. The molecule has 0 spiro atoms. The fourth-order valence-electron chi connectivity index (χ4n) is 3.19. The molecule has 1 atom stereocenters. The normalized spacial score (nSPS) is 23.9. The Labute approximate surface area is 135 Å². The van der Waals surface area contributed by atoms with Crippen LogP contribution in [0.2, 0.25) is 0 Å². The van der Waals surface area contributed by atoms with Crippen LogP contribution in [0.25, 0.3) is 0 Å². The lowest BCUT2D eigenvalue weighted by molar-refractivity contribution is 0.0495. The molecule has 0 radical (unpaired) electrons. The highest BCUT2D eigenvalue weighted by molar-refractivity contribution is 5.68. The van der Waals surface area contributed by atoms with Gasteiger partial charge in [-0.15, -0.1) is 0 Å². The zero-order valence-corrected chi connectivity index (χ0v) is 15.0. The topological polar surface area (TPSA) is 50.4 Å². The lowest BCUT2D eigenvalue weighted by Gasteiger charge is -2.35. The van der Waals surface area contributed by atoms with Gasteiger partial charge in [-0.3, -0.25) is 0 Å². The smallest absolute Gasteiger partial charge is 0.407 e. The largest absolute Gasteiger partial charge is 0.444 e. The van der Waals surface area contributed by atoms with Crippen molar-refractivity contribution in [3.63, 3.8) is 0 Å². The lowest BCUT2D eigenvalue weighted by atomic mass is 9.75. The van der Waals surface area contributed by atoms with Gasteiger partial charge in [0.15, 0.2) is 0 Å². The first kappa shape index (κ1) is 17.6. The van der Waals surface area contributed by atoms with Gasteiger partial charge >= 0.3 is 6.09 Å². The van der Waals surface area contributed by atoms with Crippen LogP contribution in [0.5, 0.6) is 0 Å². The molecule has 1 amide bonds. The van der Waals surface area contributed by atoms with Gasteiger partial charge in [0.25, 0.3) is 0 Å². The SMILES string of the molecule is CC1(C)CCC(NCC(NC(=O)OC(C)(C)C)C2CC2)CC1. The van der Waals surface area contributed by atoms with E-state index in [4.69, 9.17) is 4.74 Å². The molecule has 4 heteroatoms. The first-order valence-electron chi connectivity index (χ1n) is 8.87. The Kier molecular flexibility index (Phi) is 5.41. The maximum atomic E-state index is 12.0. The van der Waals surface area contributed by atoms with E-state index >= 15 is 0 Å². The summed E-state index contributed by atoms with van der Waals surface area (Å²) in [7, 11) is 0. The summed E-state index contributed by atoms with van der Waals surface area (Å²) in [5.74, 6) is 0.625. The molecule has 0 aromatic carbocycles. The van der Waals surface area contributed by atoms with Crippen molar-refractivity contribution in [2.45, 2.75) is 90.8 Å². The predicted octanol–water partition coefficient (Wildman–Crippen LogP) is 3.85. The van der Waals surface area contributed by atoms with Crippen LogP contribution in [-0.4, -0.2) is 30.3 Å². The van der Waals surface area contributed by atoms with Crippen molar-refractivity contribution in [3.8, 4) is 0 Å². The van der Waals surface area contributed by atoms with Crippen molar-refractivity contribution in [1.82, 2.24) is 10.6 Å². The van der Waals surface area contributed by atoms with Crippen molar-refractivity contribution in [1.29, 1.82) is 0 Å². The number of hydrogen-bond acceptors (Lipinski definition) is 3. The van der Waals surface area contributed by atoms with Crippen LogP contribution in [0.1, 0.15) is 73.1 Å². The minimum Gasteiger partial charge on any atom is -0.444 e. The van der Waals surface area contributed by atoms with E-state index in [9.17, 15) is 4.79 Å². The number of hydrogen-bond donors (Lipinski definition) is 2. The summed E-state index contributed by atoms with van der Waals surface area (Å²) >= 11 is 0. The summed E-state index contributed by atoms with van der Waals surface area (Å²) in [6, 6.07) is 0.819. The van der Waals surface area contributed by atoms with Crippen molar-refractivity contribution in [2.24, 2.45) is 11.3 Å². The summed E-state index contributed by atoms with van der Waals surface area (Å²) in [5, 5.41) is 6.75. The first-order valence-corrected chi connectivity index (χ1v) is 8.87. The van der Waals surface area contributed by atoms with Crippen molar-refractivity contribution >= 4 is 6.09 Å². The van der Waals surface area contributed by atoms with Crippen molar-refractivity contribution < 1.29 is 9.53 Å². The fraction of sp³-hybridized carbons (Fsp3) is 0.944. The standard InChI is InChI=1S/C18H34N2O2/c1-17(2,3)22-16(21)20-15(13-6-7-13)12-19-14-8-10-18(4,5)11-9-14/h13-15,19H,6-12H2,1-5H3,(H,20,21). The molecule has 2 saturated carbocycles. The molecular weight excluding hydrogens is 276 g/mol. The summed E-state index contributed by atoms with van der Waals surface area (Å²) in [5.41, 5.74) is 0.0728. The van der Waals surface area contributed by atoms with Crippen LogP contribution >= 0.6 is 0 Å². The van der Waals surface area contributed by atoms with E-state index in [1.807, 2.05) is 20.8 Å². The van der Waals surface area contributed by atoms with Crippen molar-refractivity contribution in [3.05, 3.63) is 0 Å². The molecule has 0 saturated heterocycles. The third-order valence-electron chi connectivity index (χ3n) is 4.86. The number of carbonyl (C=O) groups excluding carboxylic acids is 1. The van der Waals surface area contributed by atoms with Gasteiger partial charge in [0.1, 0.15) is 5.60 Å². The van der Waals surface area contributed by atoms with Crippen LogP contribution in [0.15, 0.2) is 0 Å². The predicted molar refractivity (Wildman–Crippen MR) is 89.9 cm³/mol. The van der Waals surface area contributed by atoms with Gasteiger partial charge in [-0.25, -0.2) is 4.79 Å². The molecule has 22 heavy (non-hydrogen) atoms. The summed E-state index contributed by atoms with van der Waals surface area (Å²) in [6.07, 6.45) is 7.24. The Bertz CT molecular complexity index is 373. The first-order chi connectivity index (χ1) is 10.1. The maximum Gasteiger partial charge on any atom is 0.407 e. The molecule has 0 aromatic rings. The molecule has 2 N–H and O–H groups in total. The van der Waals surface area contributed by atoms with Gasteiger partial charge in [-0.05, 0) is 70.6 Å². The molecule has 128 valence electrons. The quantitative estimate of drug-likeness (QED) is 0.811. The fourth-order valence-corrected chi connectivity index (χ4v) is 3.19. The Morgan fingerprint density at radius 3 is 2.27 bits per heavy atom. The zero-order chi connectivity index (χ0) is 16.4. The average molecular weight is 310 g/mol. The van der Waals surface area contributed by atoms with E-state index in [1.165, 1.54) is 38.5 Å². The van der Waals surface area contributed by atoms with E-state index in [0.717, 1.165) is 6.54 Å². The molecule has 0 bridgehead atoms. The molecule has 1 unspecified atom stereocenters. The Morgan fingerprint density at radius 2 is 1.77 bits per heavy atom.